The Kier molecular flexibility index (Phi) is 1.88. The molecule has 0 atom stereocenters. The van der Waals surface area contributed by atoms with Crippen molar-refractivity contribution in [3.8, 4) is 0 Å². The molecule has 0 bridgehead atoms. The van der Waals surface area contributed by atoms with E-state index in [1.54, 1.807) is 6.26 Å². The fourth-order valence-electron chi connectivity index (χ4n) is 0.626. The van der Waals surface area contributed by atoms with Crippen molar-refractivity contribution in [1.29, 1.82) is 0 Å². The molecule has 0 aromatic carbocycles. The zero-order chi connectivity index (χ0) is 6.69. The Balaban J connectivity index is 2.74. The van der Waals surface area contributed by atoms with Crippen LogP contribution in [0.5, 0.6) is 0 Å². The average Bonchev–Trinajstić information content (AvgIpc) is 2.34. The van der Waals surface area contributed by atoms with E-state index in [0.29, 0.717) is 6.42 Å². The predicted octanol–water partition coefficient (Wildman–Crippen LogP) is 1.61. The molecule has 0 fully saturated rings. The lowest BCUT2D eigenvalue weighted by atomic mass is 10.4. The van der Waals surface area contributed by atoms with Gasteiger partial charge in [0.1, 0.15) is 6.26 Å². The molecule has 1 aromatic rings. The third kappa shape index (κ3) is 1.31. The molecule has 0 N–H and O–H groups in total. The van der Waals surface area contributed by atoms with E-state index in [2.05, 4.69) is 11.9 Å². The average molecular weight is 124 g/mol. The Bertz CT molecular complexity index is 162. The highest BCUT2D eigenvalue weighted by Crippen LogP contribution is 2.01. The molecule has 0 aliphatic heterocycles. The largest absolute Gasteiger partial charge is 0.449 e. The van der Waals surface area contributed by atoms with Gasteiger partial charge >= 0.3 is 0 Å². The highest BCUT2D eigenvalue weighted by molar-refractivity contribution is 4.95. The fraction of sp³-hybridized carbons (Fsp3) is 0.429. The minimum Gasteiger partial charge on any atom is -0.449 e. The lowest BCUT2D eigenvalue weighted by Gasteiger charge is -1.80. The van der Waals surface area contributed by atoms with E-state index in [1.807, 2.05) is 6.92 Å². The summed E-state index contributed by atoms with van der Waals surface area (Å²) in [6.45, 7) is 5.69. The Labute approximate surface area is 54.9 Å². The van der Waals surface area contributed by atoms with Gasteiger partial charge in [0.2, 0.25) is 0 Å². The van der Waals surface area contributed by atoms with E-state index in [4.69, 9.17) is 4.42 Å². The van der Waals surface area contributed by atoms with Crippen LogP contribution in [-0.4, -0.2) is 4.98 Å². The van der Waals surface area contributed by atoms with E-state index in [0.717, 1.165) is 18.0 Å². The van der Waals surface area contributed by atoms with Gasteiger partial charge in [-0.15, -0.1) is 0 Å². The Morgan fingerprint density at radius 2 is 2.56 bits per heavy atom. The van der Waals surface area contributed by atoms with E-state index >= 15 is 0 Å². The molecule has 0 amide bonds. The molecule has 0 saturated heterocycles. The maximum absolute atomic E-state index is 5.03. The third-order valence-corrected chi connectivity index (χ3v) is 1.18. The highest BCUT2D eigenvalue weighted by Gasteiger charge is 1.96. The van der Waals surface area contributed by atoms with Crippen LogP contribution in [0.2, 0.25) is 0 Å². The molecule has 1 rings (SSSR count). The zero-order valence-corrected chi connectivity index (χ0v) is 5.55. The van der Waals surface area contributed by atoms with Crippen LogP contribution in [0, 0.1) is 6.92 Å². The van der Waals surface area contributed by atoms with Gasteiger partial charge in [0.25, 0.3) is 0 Å². The Morgan fingerprint density at radius 3 is 2.89 bits per heavy atom. The molecule has 0 spiro atoms. The van der Waals surface area contributed by atoms with Crippen LogP contribution in [0.1, 0.15) is 18.5 Å². The number of aromatic nitrogens is 1. The van der Waals surface area contributed by atoms with Gasteiger partial charge in [-0.1, -0.05) is 6.92 Å². The standard InChI is InChI=1S/C7H10NO/c1-3-6-5-9-7(4-2)8-6/h5H,2-4H2,1H3. The minimum atomic E-state index is 0.639. The van der Waals surface area contributed by atoms with Gasteiger partial charge in [0.15, 0.2) is 5.89 Å². The third-order valence-electron chi connectivity index (χ3n) is 1.18. The fourth-order valence-corrected chi connectivity index (χ4v) is 0.626. The van der Waals surface area contributed by atoms with Gasteiger partial charge < -0.3 is 4.42 Å². The summed E-state index contributed by atoms with van der Waals surface area (Å²) in [4.78, 5) is 4.12. The molecule has 49 valence electrons. The van der Waals surface area contributed by atoms with Gasteiger partial charge in [-0.3, -0.25) is 0 Å². The van der Waals surface area contributed by atoms with E-state index < -0.39 is 0 Å². The van der Waals surface area contributed by atoms with Gasteiger partial charge in [-0.2, -0.15) is 0 Å². The van der Waals surface area contributed by atoms with Crippen LogP contribution in [0.4, 0.5) is 0 Å². The molecule has 2 nitrogen and oxygen atoms in total. The van der Waals surface area contributed by atoms with E-state index in [-0.39, 0.29) is 0 Å². The molecule has 0 unspecified atom stereocenters. The lowest BCUT2D eigenvalue weighted by molar-refractivity contribution is 0.508. The maximum Gasteiger partial charge on any atom is 0.194 e. The summed E-state index contributed by atoms with van der Waals surface area (Å²) >= 11 is 0. The quantitative estimate of drug-likeness (QED) is 0.598. The van der Waals surface area contributed by atoms with Crippen LogP contribution in [0.15, 0.2) is 10.7 Å². The summed E-state index contributed by atoms with van der Waals surface area (Å²) in [6, 6.07) is 0. The Hall–Kier alpha value is -0.790. The molecular weight excluding hydrogens is 114 g/mol. The van der Waals surface area contributed by atoms with Crippen molar-refractivity contribution < 1.29 is 4.42 Å². The predicted molar refractivity (Wildman–Crippen MR) is 34.9 cm³/mol. The van der Waals surface area contributed by atoms with Crippen molar-refractivity contribution in [2.45, 2.75) is 19.8 Å². The first-order valence-corrected chi connectivity index (χ1v) is 3.09. The second-order valence-corrected chi connectivity index (χ2v) is 1.84. The molecule has 1 radical (unpaired) electrons. The first-order chi connectivity index (χ1) is 4.36. The SMILES string of the molecule is [CH2]Cc1nc(CC)co1. The van der Waals surface area contributed by atoms with Crippen LogP contribution in [-0.2, 0) is 12.8 Å². The molecule has 0 saturated carbocycles. The summed E-state index contributed by atoms with van der Waals surface area (Å²) in [5.74, 6) is 0.729. The molecule has 2 heteroatoms. The van der Waals surface area contributed by atoms with Gasteiger partial charge in [0, 0.05) is 6.42 Å². The maximum atomic E-state index is 5.03. The van der Waals surface area contributed by atoms with Crippen molar-refractivity contribution in [2.75, 3.05) is 0 Å². The van der Waals surface area contributed by atoms with Crippen molar-refractivity contribution in [3.05, 3.63) is 24.8 Å². The molecule has 0 aliphatic carbocycles. The van der Waals surface area contributed by atoms with E-state index in [1.165, 1.54) is 0 Å². The van der Waals surface area contributed by atoms with Crippen molar-refractivity contribution in [1.82, 2.24) is 4.98 Å². The van der Waals surface area contributed by atoms with Crippen LogP contribution in [0.25, 0.3) is 0 Å². The highest BCUT2D eigenvalue weighted by atomic mass is 16.3. The molecule has 1 aromatic heterocycles. The number of rotatable bonds is 2. The molecular formula is C7H10NO. The number of aryl methyl sites for hydroxylation is 1. The number of nitrogens with zero attached hydrogens (tertiary/aromatic N) is 1. The normalized spacial score (nSPS) is 10.0. The van der Waals surface area contributed by atoms with Crippen LogP contribution < -0.4 is 0 Å². The summed E-state index contributed by atoms with van der Waals surface area (Å²) in [6.07, 6.45) is 3.25. The summed E-state index contributed by atoms with van der Waals surface area (Å²) in [5.41, 5.74) is 1.01. The summed E-state index contributed by atoms with van der Waals surface area (Å²) in [5, 5.41) is 0. The first-order valence-electron chi connectivity index (χ1n) is 3.09. The topological polar surface area (TPSA) is 26.0 Å². The minimum absolute atomic E-state index is 0.639. The number of hydrogen-bond donors (Lipinski definition) is 0. The zero-order valence-electron chi connectivity index (χ0n) is 5.55. The molecule has 0 aliphatic rings. The van der Waals surface area contributed by atoms with E-state index in [9.17, 15) is 0 Å². The van der Waals surface area contributed by atoms with Crippen molar-refractivity contribution in [3.63, 3.8) is 0 Å². The van der Waals surface area contributed by atoms with Crippen molar-refractivity contribution >= 4 is 0 Å². The lowest BCUT2D eigenvalue weighted by Crippen LogP contribution is -1.81. The van der Waals surface area contributed by atoms with Crippen LogP contribution >= 0.6 is 0 Å². The summed E-state index contributed by atoms with van der Waals surface area (Å²) < 4.78 is 5.03. The summed E-state index contributed by atoms with van der Waals surface area (Å²) in [7, 11) is 0. The monoisotopic (exact) mass is 124 g/mol. The second kappa shape index (κ2) is 2.67. The Morgan fingerprint density at radius 1 is 1.78 bits per heavy atom. The number of hydrogen-bond acceptors (Lipinski definition) is 2. The van der Waals surface area contributed by atoms with Gasteiger partial charge in [0.05, 0.1) is 5.69 Å². The second-order valence-electron chi connectivity index (χ2n) is 1.84. The van der Waals surface area contributed by atoms with Crippen molar-refractivity contribution in [2.24, 2.45) is 0 Å². The molecule has 1 heterocycles. The first kappa shape index (κ1) is 6.33. The number of oxazole rings is 1. The smallest absolute Gasteiger partial charge is 0.194 e. The van der Waals surface area contributed by atoms with Crippen LogP contribution in [0.3, 0.4) is 0 Å². The molecule has 9 heavy (non-hydrogen) atoms. The van der Waals surface area contributed by atoms with Gasteiger partial charge in [-0.05, 0) is 13.3 Å². The van der Waals surface area contributed by atoms with Gasteiger partial charge in [-0.25, -0.2) is 4.98 Å².